The first-order valence-electron chi connectivity index (χ1n) is 17.2. The molecule has 8 aromatic carbocycles. The van der Waals surface area contributed by atoms with Gasteiger partial charge in [-0.2, -0.15) is 0 Å². The van der Waals surface area contributed by atoms with Crippen LogP contribution in [0.15, 0.2) is 109 Å². The van der Waals surface area contributed by atoms with E-state index < -0.39 is 0 Å². The third-order valence-corrected chi connectivity index (χ3v) is 11.7. The molecule has 0 saturated carbocycles. The average Bonchev–Trinajstić information content (AvgIpc) is 3.13. The smallest absolute Gasteiger partial charge is 0.101 e. The fraction of sp³-hybridized carbons (Fsp3) is 0. The number of rotatable bonds is 3. The molecule has 218 valence electrons. The van der Waals surface area contributed by atoms with Gasteiger partial charge in [0.1, 0.15) is 62.8 Å². The zero-order valence-electron chi connectivity index (χ0n) is 29.4. The van der Waals surface area contributed by atoms with Gasteiger partial charge in [-0.3, -0.25) is 0 Å². The van der Waals surface area contributed by atoms with Crippen molar-refractivity contribution in [2.24, 2.45) is 0 Å². The molecule has 0 amide bonds. The van der Waals surface area contributed by atoms with Crippen LogP contribution in [0.5, 0.6) is 0 Å². The Morgan fingerprint density at radius 3 is 1.38 bits per heavy atom. The highest BCUT2D eigenvalue weighted by molar-refractivity contribution is 6.71. The second kappa shape index (κ2) is 11.5. The molecule has 0 radical (unpaired) electrons. The molecule has 0 aliphatic carbocycles. The van der Waals surface area contributed by atoms with Crippen molar-refractivity contribution in [3.8, 4) is 33.4 Å². The molecule has 0 spiro atoms. The molecule has 0 saturated heterocycles. The quantitative estimate of drug-likeness (QED) is 0.154. The van der Waals surface area contributed by atoms with E-state index in [1.165, 1.54) is 120 Å². The predicted molar refractivity (Wildman–Crippen MR) is 238 cm³/mol. The molecule has 0 aliphatic rings. The SMILES string of the molecule is Bc1c(B)c(B)c2c(-c3cccc4ccccc34)c3c(B)c(B)c(B)c(B)c3c(-c3cccc(-c4ccc5ccccc5c4)c3)c2c1B. The Bertz CT molecular complexity index is 2570. The summed E-state index contributed by atoms with van der Waals surface area (Å²) in [6.45, 7) is 0. The first-order valence-corrected chi connectivity index (χ1v) is 17.2. The van der Waals surface area contributed by atoms with E-state index in [1.54, 1.807) is 0 Å². The standard InChI is InChI=1S/C40H34B8/c41-33-29-27(24-12-5-11-22(18-24)23-16-15-19-7-1-2-9-21(19)17-23)30-32(36(44)40(48)38(46)34(30)42)28(31(29)35(43)39(47)37(33)45)26-14-6-10-20-8-3-4-13-25(20)26/h1-18H,41-48H2. The van der Waals surface area contributed by atoms with Gasteiger partial charge in [0.25, 0.3) is 0 Å². The van der Waals surface area contributed by atoms with Crippen molar-refractivity contribution in [3.05, 3.63) is 109 Å². The van der Waals surface area contributed by atoms with Crippen LogP contribution in [-0.2, 0) is 0 Å². The van der Waals surface area contributed by atoms with E-state index in [-0.39, 0.29) is 0 Å². The highest BCUT2D eigenvalue weighted by atomic mass is 14.3. The molecule has 0 nitrogen and oxygen atoms in total. The Hall–Kier alpha value is -4.68. The van der Waals surface area contributed by atoms with Gasteiger partial charge in [0, 0.05) is 0 Å². The van der Waals surface area contributed by atoms with Crippen molar-refractivity contribution in [1.29, 1.82) is 0 Å². The molecular weight excluding hydrogens is 567 g/mol. The summed E-state index contributed by atoms with van der Waals surface area (Å²) < 4.78 is 0. The Morgan fingerprint density at radius 1 is 0.292 bits per heavy atom. The lowest BCUT2D eigenvalue weighted by Gasteiger charge is -2.28. The van der Waals surface area contributed by atoms with E-state index in [0.29, 0.717) is 0 Å². The zero-order chi connectivity index (χ0) is 33.4. The highest BCUT2D eigenvalue weighted by Gasteiger charge is 2.25. The maximum atomic E-state index is 2.43. The van der Waals surface area contributed by atoms with Gasteiger partial charge >= 0.3 is 0 Å². The maximum absolute atomic E-state index is 2.43. The van der Waals surface area contributed by atoms with Crippen molar-refractivity contribution >= 4 is 150 Å². The van der Waals surface area contributed by atoms with Gasteiger partial charge in [0.15, 0.2) is 0 Å². The highest BCUT2D eigenvalue weighted by Crippen LogP contribution is 2.43. The normalized spacial score (nSPS) is 11.6. The molecule has 0 aliphatic heterocycles. The summed E-state index contributed by atoms with van der Waals surface area (Å²) in [6, 6.07) is 40.5. The topological polar surface area (TPSA) is 0 Å². The molecule has 0 N–H and O–H groups in total. The summed E-state index contributed by atoms with van der Waals surface area (Å²) in [7, 11) is 18.6. The minimum Gasteiger partial charge on any atom is -0.101 e. The van der Waals surface area contributed by atoms with Crippen LogP contribution in [0.4, 0.5) is 0 Å². The van der Waals surface area contributed by atoms with E-state index in [2.05, 4.69) is 172 Å². The monoisotopic (exact) mass is 602 g/mol. The second-order valence-corrected chi connectivity index (χ2v) is 13.9. The molecule has 8 rings (SSSR count). The van der Waals surface area contributed by atoms with Crippen molar-refractivity contribution in [2.75, 3.05) is 0 Å². The predicted octanol–water partition coefficient (Wildman–Crippen LogP) is -2.63. The summed E-state index contributed by atoms with van der Waals surface area (Å²) in [5.41, 5.74) is 18.8. The lowest BCUT2D eigenvalue weighted by molar-refractivity contribution is 1.64. The Balaban J connectivity index is 1.60. The van der Waals surface area contributed by atoms with Gasteiger partial charge in [-0.15, -0.1) is 21.9 Å². The molecule has 0 aromatic heterocycles. The van der Waals surface area contributed by atoms with E-state index in [0.717, 1.165) is 0 Å². The van der Waals surface area contributed by atoms with Crippen LogP contribution >= 0.6 is 0 Å². The molecule has 0 atom stereocenters. The minimum atomic E-state index is 1.24. The van der Waals surface area contributed by atoms with E-state index in [9.17, 15) is 0 Å². The lowest BCUT2D eigenvalue weighted by atomic mass is 9.59. The van der Waals surface area contributed by atoms with Crippen LogP contribution in [-0.4, -0.2) is 62.8 Å². The van der Waals surface area contributed by atoms with Crippen LogP contribution in [0.2, 0.25) is 0 Å². The van der Waals surface area contributed by atoms with E-state index in [4.69, 9.17) is 0 Å². The van der Waals surface area contributed by atoms with Gasteiger partial charge in [0.2, 0.25) is 0 Å². The number of hydrogen-bond acceptors (Lipinski definition) is 0. The fourth-order valence-corrected chi connectivity index (χ4v) is 8.35. The molecule has 0 heterocycles. The van der Waals surface area contributed by atoms with Crippen LogP contribution in [0, 0.1) is 0 Å². The molecule has 8 heteroatoms. The molecule has 0 fully saturated rings. The Kier molecular flexibility index (Phi) is 7.33. The van der Waals surface area contributed by atoms with Gasteiger partial charge in [-0.25, -0.2) is 0 Å². The summed E-state index contributed by atoms with van der Waals surface area (Å²) in [4.78, 5) is 0. The molecule has 48 heavy (non-hydrogen) atoms. The molecule has 0 unspecified atom stereocenters. The van der Waals surface area contributed by atoms with Crippen molar-refractivity contribution in [3.63, 3.8) is 0 Å². The lowest BCUT2D eigenvalue weighted by Crippen LogP contribution is -2.50. The third-order valence-electron chi connectivity index (χ3n) is 11.7. The average molecular weight is 601 g/mol. The van der Waals surface area contributed by atoms with Gasteiger partial charge < -0.3 is 0 Å². The van der Waals surface area contributed by atoms with Gasteiger partial charge in [-0.05, 0) is 88.6 Å². The van der Waals surface area contributed by atoms with E-state index in [1.807, 2.05) is 0 Å². The largest absolute Gasteiger partial charge is 0.139 e. The van der Waals surface area contributed by atoms with E-state index >= 15 is 0 Å². The molecule has 0 bridgehead atoms. The van der Waals surface area contributed by atoms with Crippen molar-refractivity contribution in [1.82, 2.24) is 0 Å². The number of benzene rings is 8. The fourth-order valence-electron chi connectivity index (χ4n) is 8.35. The van der Waals surface area contributed by atoms with Gasteiger partial charge in [-0.1, -0.05) is 119 Å². The van der Waals surface area contributed by atoms with Gasteiger partial charge in [0.05, 0.1) is 0 Å². The van der Waals surface area contributed by atoms with Crippen LogP contribution in [0.1, 0.15) is 0 Å². The zero-order valence-corrected chi connectivity index (χ0v) is 29.4. The minimum absolute atomic E-state index is 1.24. The Labute approximate surface area is 291 Å². The van der Waals surface area contributed by atoms with Crippen molar-refractivity contribution < 1.29 is 0 Å². The maximum Gasteiger partial charge on any atom is 0.139 e. The molecule has 8 aromatic rings. The summed E-state index contributed by atoms with van der Waals surface area (Å²) in [5.74, 6) is 0. The van der Waals surface area contributed by atoms with Crippen LogP contribution in [0.3, 0.4) is 0 Å². The third kappa shape index (κ3) is 4.49. The molecular formula is C40H34B8. The van der Waals surface area contributed by atoms with Crippen LogP contribution in [0.25, 0.3) is 76.5 Å². The second-order valence-electron chi connectivity index (χ2n) is 13.9. The summed E-state index contributed by atoms with van der Waals surface area (Å²) >= 11 is 0. The summed E-state index contributed by atoms with van der Waals surface area (Å²) in [6.07, 6.45) is 0. The first kappa shape index (κ1) is 30.6. The number of hydrogen-bond donors (Lipinski definition) is 0. The van der Waals surface area contributed by atoms with Crippen LogP contribution < -0.4 is 43.7 Å². The summed E-state index contributed by atoms with van der Waals surface area (Å²) in [5, 5.41) is 10.7. The number of fused-ring (bicyclic) bond motifs is 4. The Morgan fingerprint density at radius 2 is 0.750 bits per heavy atom. The first-order chi connectivity index (χ1) is 23.2. The van der Waals surface area contributed by atoms with Crippen molar-refractivity contribution in [2.45, 2.75) is 0 Å².